The average Bonchev–Trinajstić information content (AvgIpc) is 2.79. The molecule has 2 aromatic carbocycles. The lowest BCUT2D eigenvalue weighted by atomic mass is 9.99. The molecule has 2 aromatic rings. The van der Waals surface area contributed by atoms with Gasteiger partial charge in [0.25, 0.3) is 8.32 Å². The molecule has 1 heterocycles. The van der Waals surface area contributed by atoms with E-state index in [0.29, 0.717) is 0 Å². The summed E-state index contributed by atoms with van der Waals surface area (Å²) in [5.41, 5.74) is 0. The summed E-state index contributed by atoms with van der Waals surface area (Å²) in [7, 11) is -2.95. The predicted molar refractivity (Wildman–Crippen MR) is 132 cm³/mol. The average molecular weight is 503 g/mol. The third-order valence-electron chi connectivity index (χ3n) is 6.12. The first kappa shape index (κ1) is 27.0. The highest BCUT2D eigenvalue weighted by molar-refractivity contribution is 6.99. The van der Waals surface area contributed by atoms with Crippen molar-refractivity contribution in [2.24, 2.45) is 0 Å². The molecule has 0 bridgehead atoms. The normalized spacial score (nSPS) is 25.1. The zero-order valence-electron chi connectivity index (χ0n) is 20.7. The van der Waals surface area contributed by atoms with Crippen molar-refractivity contribution in [2.75, 3.05) is 6.61 Å². The van der Waals surface area contributed by atoms with Crippen molar-refractivity contribution >= 4 is 30.6 Å². The second-order valence-electron chi connectivity index (χ2n) is 9.68. The van der Waals surface area contributed by atoms with E-state index in [9.17, 15) is 19.8 Å². The number of benzene rings is 2. The van der Waals surface area contributed by atoms with Gasteiger partial charge in [-0.2, -0.15) is 0 Å². The Labute approximate surface area is 206 Å². The zero-order chi connectivity index (χ0) is 25.8. The molecule has 0 amide bonds. The van der Waals surface area contributed by atoms with Crippen LogP contribution in [-0.2, 0) is 28.2 Å². The minimum absolute atomic E-state index is 0.0872. The SMILES string of the molecule is CC(=O)O[C@@H]1[C@@H](OC(C)=O)[C@H](O)[C@@H](CO[Si](c2ccccc2)(c2ccccc2)C(C)(C)C)O[C@@H]1O. The molecule has 1 fully saturated rings. The van der Waals surface area contributed by atoms with E-state index in [4.69, 9.17) is 18.6 Å². The van der Waals surface area contributed by atoms with Crippen LogP contribution in [0.1, 0.15) is 34.6 Å². The zero-order valence-corrected chi connectivity index (χ0v) is 21.7. The summed E-state index contributed by atoms with van der Waals surface area (Å²) in [4.78, 5) is 23.2. The van der Waals surface area contributed by atoms with Gasteiger partial charge in [-0.3, -0.25) is 9.59 Å². The van der Waals surface area contributed by atoms with Crippen LogP contribution in [0.3, 0.4) is 0 Å². The van der Waals surface area contributed by atoms with Gasteiger partial charge in [0.2, 0.25) is 0 Å². The molecule has 3 rings (SSSR count). The molecule has 0 saturated carbocycles. The Kier molecular flexibility index (Phi) is 8.50. The molecular weight excluding hydrogens is 468 g/mol. The van der Waals surface area contributed by atoms with Crippen LogP contribution in [0.15, 0.2) is 60.7 Å². The molecule has 8 nitrogen and oxygen atoms in total. The maximum absolute atomic E-state index is 11.7. The second kappa shape index (κ2) is 11.0. The van der Waals surface area contributed by atoms with Gasteiger partial charge in [0, 0.05) is 13.8 Å². The van der Waals surface area contributed by atoms with E-state index in [0.717, 1.165) is 17.3 Å². The Balaban J connectivity index is 1.98. The molecule has 1 saturated heterocycles. The van der Waals surface area contributed by atoms with E-state index in [2.05, 4.69) is 20.8 Å². The standard InChI is InChI=1S/C26H34O8Si/c1-17(27)32-23-22(29)21(34-25(30)24(23)33-18(2)28)16-31-35(26(3,4)5,19-12-8-6-9-13-19)20-14-10-7-11-15-20/h6-15,21-25,29-30H,16H2,1-5H3/t21-,22-,23+,24-,25+/m1/s1. The highest BCUT2D eigenvalue weighted by Gasteiger charge is 2.53. The molecule has 190 valence electrons. The van der Waals surface area contributed by atoms with Gasteiger partial charge in [0.05, 0.1) is 6.61 Å². The molecule has 1 aliphatic heterocycles. The van der Waals surface area contributed by atoms with Gasteiger partial charge in [0.1, 0.15) is 12.2 Å². The molecular formula is C26H34O8Si. The van der Waals surface area contributed by atoms with Gasteiger partial charge >= 0.3 is 11.9 Å². The largest absolute Gasteiger partial charge is 0.455 e. The Morgan fingerprint density at radius 3 is 1.74 bits per heavy atom. The molecule has 5 atom stereocenters. The first-order valence-corrected chi connectivity index (χ1v) is 13.5. The Hall–Kier alpha value is -2.56. The van der Waals surface area contributed by atoms with Gasteiger partial charge in [0.15, 0.2) is 18.5 Å². The number of carbonyl (C=O) groups excluding carboxylic acids is 2. The summed E-state index contributed by atoms with van der Waals surface area (Å²) in [6, 6.07) is 19.9. The van der Waals surface area contributed by atoms with E-state index in [1.807, 2.05) is 60.7 Å². The fourth-order valence-electron chi connectivity index (χ4n) is 4.66. The minimum Gasteiger partial charge on any atom is -0.455 e. The van der Waals surface area contributed by atoms with E-state index >= 15 is 0 Å². The number of carbonyl (C=O) groups is 2. The smallest absolute Gasteiger partial charge is 0.303 e. The van der Waals surface area contributed by atoms with Crippen LogP contribution in [0, 0.1) is 0 Å². The minimum atomic E-state index is -2.95. The summed E-state index contributed by atoms with van der Waals surface area (Å²) in [6.45, 7) is 8.59. The van der Waals surface area contributed by atoms with Gasteiger partial charge in [-0.1, -0.05) is 81.4 Å². The first-order valence-electron chi connectivity index (χ1n) is 11.6. The molecule has 0 aliphatic carbocycles. The van der Waals surface area contributed by atoms with Crippen molar-refractivity contribution in [3.63, 3.8) is 0 Å². The topological polar surface area (TPSA) is 112 Å². The lowest BCUT2D eigenvalue weighted by Crippen LogP contribution is -2.68. The summed E-state index contributed by atoms with van der Waals surface area (Å²) < 4.78 is 22.8. The number of esters is 2. The van der Waals surface area contributed by atoms with Crippen molar-refractivity contribution in [3.8, 4) is 0 Å². The first-order chi connectivity index (χ1) is 16.5. The highest BCUT2D eigenvalue weighted by atomic mass is 28.4. The number of rotatable bonds is 7. The Bertz CT molecular complexity index is 952. The molecule has 35 heavy (non-hydrogen) atoms. The lowest BCUT2D eigenvalue weighted by molar-refractivity contribution is -0.292. The molecule has 1 aliphatic rings. The predicted octanol–water partition coefficient (Wildman–Crippen LogP) is 1.50. The van der Waals surface area contributed by atoms with E-state index in [1.165, 1.54) is 6.92 Å². The van der Waals surface area contributed by atoms with Crippen molar-refractivity contribution in [3.05, 3.63) is 60.7 Å². The number of hydrogen-bond donors (Lipinski definition) is 2. The third-order valence-corrected chi connectivity index (χ3v) is 11.1. The van der Waals surface area contributed by atoms with Crippen LogP contribution >= 0.6 is 0 Å². The van der Waals surface area contributed by atoms with Gasteiger partial charge in [-0.25, -0.2) is 0 Å². The molecule has 0 spiro atoms. The molecule has 0 aromatic heterocycles. The highest BCUT2D eigenvalue weighted by Crippen LogP contribution is 2.37. The van der Waals surface area contributed by atoms with Gasteiger partial charge < -0.3 is 28.8 Å². The maximum Gasteiger partial charge on any atom is 0.303 e. The number of aliphatic hydroxyl groups is 2. The Morgan fingerprint density at radius 2 is 1.31 bits per heavy atom. The molecule has 9 heteroatoms. The summed E-state index contributed by atoms with van der Waals surface area (Å²) in [5.74, 6) is -1.39. The molecule has 0 unspecified atom stereocenters. The summed E-state index contributed by atoms with van der Waals surface area (Å²) >= 11 is 0. The van der Waals surface area contributed by atoms with E-state index in [-0.39, 0.29) is 11.6 Å². The monoisotopic (exact) mass is 502 g/mol. The van der Waals surface area contributed by atoms with Crippen LogP contribution in [0.4, 0.5) is 0 Å². The lowest BCUT2D eigenvalue weighted by Gasteiger charge is -2.46. The van der Waals surface area contributed by atoms with Crippen LogP contribution in [0.25, 0.3) is 0 Å². The van der Waals surface area contributed by atoms with Crippen LogP contribution in [0.2, 0.25) is 5.04 Å². The van der Waals surface area contributed by atoms with Gasteiger partial charge in [-0.15, -0.1) is 0 Å². The quantitative estimate of drug-likeness (QED) is 0.433. The van der Waals surface area contributed by atoms with Crippen molar-refractivity contribution in [1.29, 1.82) is 0 Å². The van der Waals surface area contributed by atoms with Crippen LogP contribution < -0.4 is 10.4 Å². The number of aliphatic hydroxyl groups excluding tert-OH is 2. The Morgan fingerprint density at radius 1 is 0.857 bits per heavy atom. The van der Waals surface area contributed by atoms with Crippen molar-refractivity contribution in [1.82, 2.24) is 0 Å². The fourth-order valence-corrected chi connectivity index (χ4v) is 9.23. The molecule has 0 radical (unpaired) electrons. The van der Waals surface area contributed by atoms with Crippen LogP contribution in [0.5, 0.6) is 0 Å². The third kappa shape index (κ3) is 5.82. The fraction of sp³-hybridized carbons (Fsp3) is 0.462. The van der Waals surface area contributed by atoms with Crippen molar-refractivity contribution < 1.29 is 38.4 Å². The number of ether oxygens (including phenoxy) is 3. The summed E-state index contributed by atoms with van der Waals surface area (Å²) in [5, 5.41) is 23.4. The van der Waals surface area contributed by atoms with Crippen LogP contribution in [-0.4, -0.2) is 67.8 Å². The second-order valence-corrected chi connectivity index (χ2v) is 14.0. The summed E-state index contributed by atoms with van der Waals surface area (Å²) in [6.07, 6.45) is -6.73. The van der Waals surface area contributed by atoms with E-state index in [1.54, 1.807) is 0 Å². The maximum atomic E-state index is 11.7. The van der Waals surface area contributed by atoms with Gasteiger partial charge in [-0.05, 0) is 15.4 Å². The number of hydrogen-bond acceptors (Lipinski definition) is 8. The molecule has 2 N–H and O–H groups in total. The van der Waals surface area contributed by atoms with E-state index < -0.39 is 51.0 Å². The van der Waals surface area contributed by atoms with Crippen molar-refractivity contribution in [2.45, 2.75) is 70.4 Å².